The van der Waals surface area contributed by atoms with Gasteiger partial charge in [0.05, 0.1) is 6.42 Å². The molecule has 0 aliphatic rings. The summed E-state index contributed by atoms with van der Waals surface area (Å²) in [7, 11) is 0. The number of carboxylic acid groups (broad SMARTS) is 1. The molecule has 0 radical (unpaired) electrons. The van der Waals surface area contributed by atoms with E-state index in [1.165, 1.54) is 10.8 Å². The summed E-state index contributed by atoms with van der Waals surface area (Å²) in [5.74, 6) is -0.583. The van der Waals surface area contributed by atoms with Crippen molar-refractivity contribution in [1.29, 1.82) is 0 Å². The average Bonchev–Trinajstić information content (AvgIpc) is 2.67. The smallest absolute Gasteiger partial charge is 0.307 e. The third-order valence-corrected chi connectivity index (χ3v) is 4.44. The first-order chi connectivity index (χ1) is 13.5. The van der Waals surface area contributed by atoms with E-state index in [1.54, 1.807) is 6.92 Å². The van der Waals surface area contributed by atoms with Crippen molar-refractivity contribution in [3.05, 3.63) is 96.1 Å². The van der Waals surface area contributed by atoms with Crippen molar-refractivity contribution in [1.82, 2.24) is 0 Å². The molecular formula is C25H22O3. The fraction of sp³-hybridized carbons (Fsp3) is 0.120. The lowest BCUT2D eigenvalue weighted by Crippen LogP contribution is -1.99. The Labute approximate surface area is 164 Å². The molecule has 28 heavy (non-hydrogen) atoms. The standard InChI is InChI=1S/C13H12O.C12H10O2/c1-10(14)8-11-6-7-12-4-2-3-5-13(12)9-11;13-12(14)8-9-5-6-10-3-1-2-4-11(10)7-9/h2-7,9H,8H2,1H3;1-7H,8H2,(H,13,14). The molecule has 4 aromatic carbocycles. The highest BCUT2D eigenvalue weighted by molar-refractivity contribution is 5.85. The lowest BCUT2D eigenvalue weighted by Gasteiger charge is -2.00. The van der Waals surface area contributed by atoms with E-state index in [4.69, 9.17) is 5.11 Å². The van der Waals surface area contributed by atoms with Crippen LogP contribution < -0.4 is 0 Å². The zero-order valence-electron chi connectivity index (χ0n) is 15.8. The minimum absolute atomic E-state index is 0.0881. The van der Waals surface area contributed by atoms with E-state index < -0.39 is 5.97 Å². The van der Waals surface area contributed by atoms with Crippen LogP contribution in [0.4, 0.5) is 0 Å². The molecule has 0 aliphatic carbocycles. The van der Waals surface area contributed by atoms with E-state index in [0.29, 0.717) is 6.42 Å². The predicted molar refractivity (Wildman–Crippen MR) is 114 cm³/mol. The summed E-state index contributed by atoms with van der Waals surface area (Å²) in [5.41, 5.74) is 1.94. The van der Waals surface area contributed by atoms with Crippen LogP contribution in [0.5, 0.6) is 0 Å². The van der Waals surface area contributed by atoms with Gasteiger partial charge in [-0.15, -0.1) is 0 Å². The molecule has 4 aromatic rings. The van der Waals surface area contributed by atoms with Gasteiger partial charge in [-0.25, -0.2) is 0 Å². The summed E-state index contributed by atoms with van der Waals surface area (Å²) in [6, 6.07) is 28.0. The third-order valence-electron chi connectivity index (χ3n) is 4.44. The van der Waals surface area contributed by atoms with Crippen LogP contribution in [0.1, 0.15) is 18.1 Å². The molecule has 0 aromatic heterocycles. The van der Waals surface area contributed by atoms with E-state index >= 15 is 0 Å². The Balaban J connectivity index is 0.000000161. The Morgan fingerprint density at radius 2 is 1.07 bits per heavy atom. The summed E-state index contributed by atoms with van der Waals surface area (Å²) in [6.45, 7) is 1.62. The summed E-state index contributed by atoms with van der Waals surface area (Å²) >= 11 is 0. The number of fused-ring (bicyclic) bond motifs is 2. The second kappa shape index (κ2) is 8.96. The zero-order chi connectivity index (χ0) is 19.9. The molecule has 0 atom stereocenters. The van der Waals surface area contributed by atoms with E-state index in [0.717, 1.165) is 21.9 Å². The van der Waals surface area contributed by atoms with Crippen LogP contribution in [0.15, 0.2) is 84.9 Å². The summed E-state index contributed by atoms with van der Waals surface area (Å²) < 4.78 is 0. The number of aliphatic carboxylic acids is 1. The van der Waals surface area contributed by atoms with Crippen molar-refractivity contribution in [2.75, 3.05) is 0 Å². The van der Waals surface area contributed by atoms with Gasteiger partial charge in [0.2, 0.25) is 0 Å². The van der Waals surface area contributed by atoms with Crippen LogP contribution in [0, 0.1) is 0 Å². The van der Waals surface area contributed by atoms with Crippen molar-refractivity contribution >= 4 is 33.3 Å². The van der Waals surface area contributed by atoms with E-state index in [1.807, 2.05) is 60.7 Å². The number of benzene rings is 4. The van der Waals surface area contributed by atoms with Gasteiger partial charge in [0, 0.05) is 6.42 Å². The molecule has 4 rings (SSSR count). The normalized spacial score (nSPS) is 10.3. The Hall–Kier alpha value is -3.46. The lowest BCUT2D eigenvalue weighted by molar-refractivity contribution is -0.136. The molecule has 0 amide bonds. The van der Waals surface area contributed by atoms with Gasteiger partial charge in [-0.2, -0.15) is 0 Å². The molecule has 0 unspecified atom stereocenters. The molecule has 0 aliphatic heterocycles. The number of ketones is 1. The SMILES string of the molecule is CC(=O)Cc1ccc2ccccc2c1.O=C(O)Cc1ccc2ccccc2c1. The van der Waals surface area contributed by atoms with Gasteiger partial charge in [0.1, 0.15) is 5.78 Å². The summed E-state index contributed by atoms with van der Waals surface area (Å²) in [4.78, 5) is 21.5. The molecule has 0 fully saturated rings. The van der Waals surface area contributed by atoms with Crippen LogP contribution >= 0.6 is 0 Å². The third kappa shape index (κ3) is 5.27. The fourth-order valence-electron chi connectivity index (χ4n) is 3.16. The molecule has 0 heterocycles. The second-order valence-electron chi connectivity index (χ2n) is 6.81. The zero-order valence-corrected chi connectivity index (χ0v) is 15.8. The van der Waals surface area contributed by atoms with Gasteiger partial charge < -0.3 is 5.11 Å². The van der Waals surface area contributed by atoms with Gasteiger partial charge >= 0.3 is 5.97 Å². The van der Waals surface area contributed by atoms with Gasteiger partial charge in [-0.1, -0.05) is 84.9 Å². The average molecular weight is 370 g/mol. The second-order valence-corrected chi connectivity index (χ2v) is 6.81. The van der Waals surface area contributed by atoms with Crippen molar-refractivity contribution in [2.24, 2.45) is 0 Å². The van der Waals surface area contributed by atoms with Gasteiger partial charge in [-0.05, 0) is 39.6 Å². The number of rotatable bonds is 4. The van der Waals surface area contributed by atoms with Crippen LogP contribution in [-0.4, -0.2) is 16.9 Å². The van der Waals surface area contributed by atoms with Gasteiger partial charge in [0.15, 0.2) is 0 Å². The molecule has 3 heteroatoms. The Morgan fingerprint density at radius 3 is 1.50 bits per heavy atom. The van der Waals surface area contributed by atoms with Crippen LogP contribution in [0.3, 0.4) is 0 Å². The number of Topliss-reactive ketones (excluding diaryl/α,β-unsaturated/α-hetero) is 1. The van der Waals surface area contributed by atoms with Gasteiger partial charge in [0.25, 0.3) is 0 Å². The molecule has 0 spiro atoms. The van der Waals surface area contributed by atoms with E-state index in [9.17, 15) is 9.59 Å². The molecule has 0 saturated heterocycles. The molecular weight excluding hydrogens is 348 g/mol. The summed E-state index contributed by atoms with van der Waals surface area (Å²) in [6.07, 6.45) is 0.621. The summed E-state index contributed by atoms with van der Waals surface area (Å²) in [5, 5.41) is 13.3. The number of carbonyl (C=O) groups excluding carboxylic acids is 1. The molecule has 140 valence electrons. The monoisotopic (exact) mass is 370 g/mol. The highest BCUT2D eigenvalue weighted by atomic mass is 16.4. The Bertz CT molecular complexity index is 1040. The lowest BCUT2D eigenvalue weighted by atomic mass is 10.0. The molecule has 0 saturated carbocycles. The number of carbonyl (C=O) groups is 2. The van der Waals surface area contributed by atoms with Gasteiger partial charge in [-0.3, -0.25) is 9.59 Å². The first-order valence-electron chi connectivity index (χ1n) is 9.18. The van der Waals surface area contributed by atoms with Crippen LogP contribution in [-0.2, 0) is 22.4 Å². The van der Waals surface area contributed by atoms with Crippen molar-refractivity contribution in [3.8, 4) is 0 Å². The molecule has 3 nitrogen and oxygen atoms in total. The van der Waals surface area contributed by atoms with E-state index in [-0.39, 0.29) is 12.2 Å². The van der Waals surface area contributed by atoms with Crippen molar-refractivity contribution in [2.45, 2.75) is 19.8 Å². The van der Waals surface area contributed by atoms with E-state index in [2.05, 4.69) is 24.3 Å². The maximum absolute atomic E-state index is 10.9. The van der Waals surface area contributed by atoms with Crippen molar-refractivity contribution in [3.63, 3.8) is 0 Å². The maximum atomic E-state index is 10.9. The molecule has 0 bridgehead atoms. The minimum atomic E-state index is -0.791. The Morgan fingerprint density at radius 1 is 0.643 bits per heavy atom. The predicted octanol–water partition coefficient (Wildman–Crippen LogP) is 5.44. The first kappa shape index (κ1) is 19.3. The minimum Gasteiger partial charge on any atom is -0.481 e. The highest BCUT2D eigenvalue weighted by Gasteiger charge is 2.01. The number of hydrogen-bond donors (Lipinski definition) is 1. The quantitative estimate of drug-likeness (QED) is 0.520. The topological polar surface area (TPSA) is 54.4 Å². The fourth-order valence-corrected chi connectivity index (χ4v) is 3.16. The van der Waals surface area contributed by atoms with Crippen LogP contribution in [0.2, 0.25) is 0 Å². The van der Waals surface area contributed by atoms with Crippen molar-refractivity contribution < 1.29 is 14.7 Å². The molecule has 1 N–H and O–H groups in total. The van der Waals surface area contributed by atoms with Crippen LogP contribution in [0.25, 0.3) is 21.5 Å². The largest absolute Gasteiger partial charge is 0.481 e. The highest BCUT2D eigenvalue weighted by Crippen LogP contribution is 2.16. The number of carboxylic acids is 1. The maximum Gasteiger partial charge on any atom is 0.307 e. The Kier molecular flexibility index (Phi) is 6.18. The number of hydrogen-bond acceptors (Lipinski definition) is 2. The first-order valence-corrected chi connectivity index (χ1v) is 9.18.